The van der Waals surface area contributed by atoms with Crippen molar-refractivity contribution in [3.8, 4) is 22.8 Å². The van der Waals surface area contributed by atoms with Crippen LogP contribution < -0.4 is 24.8 Å². The largest absolute Gasteiger partial charge is 0.491 e. The number of thiol groups is 1. The number of para-hydroxylation sites is 2. The highest BCUT2D eigenvalue weighted by atomic mass is 32.2. The van der Waals surface area contributed by atoms with Gasteiger partial charge < -0.3 is 20.5 Å². The molecule has 1 amide bonds. The summed E-state index contributed by atoms with van der Waals surface area (Å²) in [5.41, 5.74) is 8.58. The molecule has 0 aliphatic carbocycles. The van der Waals surface area contributed by atoms with Gasteiger partial charge in [0.1, 0.15) is 29.1 Å². The van der Waals surface area contributed by atoms with Crippen molar-refractivity contribution in [2.75, 3.05) is 29.1 Å². The van der Waals surface area contributed by atoms with Gasteiger partial charge >= 0.3 is 0 Å². The summed E-state index contributed by atoms with van der Waals surface area (Å²) >= 11 is 0. The quantitative estimate of drug-likeness (QED) is 0.0995. The highest BCUT2D eigenvalue weighted by molar-refractivity contribution is 7.74. The Bertz CT molecular complexity index is 1970. The number of aromatic nitrogens is 3. The van der Waals surface area contributed by atoms with Crippen LogP contribution in [0.2, 0.25) is 0 Å². The molecule has 5 aromatic rings. The highest BCUT2D eigenvalue weighted by Crippen LogP contribution is 2.39. The lowest BCUT2D eigenvalue weighted by molar-refractivity contribution is -0.116. The standard InChI is InChI=1S/C31H28F2N6O5S/c1-18-22-12-19(20-13-27(31(43-2)35-16-20)39(45(41)42)26-10-9-21(32)15-23(26)33)14-28(30(22)37-17-36-18)44-11-5-8-29(40)38-25-7-4-3-6-24(25)34/h3-4,6-7,9-10,12-17,45H,5,8,11,34H2,1-2H3,(H,38,40). The summed E-state index contributed by atoms with van der Waals surface area (Å²) in [6.45, 7) is 1.98. The zero-order valence-corrected chi connectivity index (χ0v) is 25.1. The minimum absolute atomic E-state index is 0.0923. The number of ether oxygens (including phenoxy) is 2. The molecular formula is C31H28F2N6O5S. The summed E-state index contributed by atoms with van der Waals surface area (Å²) < 4.78 is 65.2. The molecule has 0 fully saturated rings. The molecule has 11 nitrogen and oxygen atoms in total. The number of hydrogen-bond donors (Lipinski definition) is 3. The van der Waals surface area contributed by atoms with Crippen LogP contribution in [0.3, 0.4) is 0 Å². The van der Waals surface area contributed by atoms with Gasteiger partial charge in [0.25, 0.3) is 0 Å². The van der Waals surface area contributed by atoms with Gasteiger partial charge in [0.15, 0.2) is 5.82 Å². The van der Waals surface area contributed by atoms with Gasteiger partial charge in [-0.15, -0.1) is 0 Å². The first kappa shape index (κ1) is 31.1. The Balaban J connectivity index is 1.45. The smallest absolute Gasteiger partial charge is 0.238 e. The third-order valence-electron chi connectivity index (χ3n) is 6.83. The first-order chi connectivity index (χ1) is 21.7. The zero-order valence-electron chi connectivity index (χ0n) is 24.2. The van der Waals surface area contributed by atoms with E-state index >= 15 is 0 Å². The number of carbonyl (C=O) groups excluding carboxylic acids is 1. The second-order valence-corrected chi connectivity index (χ2v) is 10.7. The maximum Gasteiger partial charge on any atom is 0.238 e. The third kappa shape index (κ3) is 6.91. The first-order valence-corrected chi connectivity index (χ1v) is 14.8. The number of anilines is 4. The van der Waals surface area contributed by atoms with Crippen molar-refractivity contribution in [1.82, 2.24) is 15.0 Å². The number of pyridine rings is 1. The minimum Gasteiger partial charge on any atom is -0.491 e. The molecule has 0 aliphatic heterocycles. The van der Waals surface area contributed by atoms with E-state index < -0.39 is 28.2 Å². The number of rotatable bonds is 11. The summed E-state index contributed by atoms with van der Waals surface area (Å²) in [6.07, 6.45) is 3.43. The monoisotopic (exact) mass is 634 g/mol. The molecule has 5 rings (SSSR count). The summed E-state index contributed by atoms with van der Waals surface area (Å²) in [6, 6.07) is 14.5. The molecule has 2 aromatic heterocycles. The lowest BCUT2D eigenvalue weighted by Crippen LogP contribution is -2.17. The van der Waals surface area contributed by atoms with Gasteiger partial charge in [0, 0.05) is 35.3 Å². The SMILES string of the molecule is COc1ncc(-c2cc(OCCCC(=O)Nc3ccccc3N)c3ncnc(C)c3c2)cc1N(c1ccc(F)cc1F)[SH](=O)=O. The van der Waals surface area contributed by atoms with Crippen LogP contribution in [-0.4, -0.2) is 43.0 Å². The van der Waals surface area contributed by atoms with Crippen molar-refractivity contribution in [3.63, 3.8) is 0 Å². The fourth-order valence-corrected chi connectivity index (χ4v) is 5.30. The maximum atomic E-state index is 14.7. The van der Waals surface area contributed by atoms with Gasteiger partial charge in [-0.1, -0.05) is 12.1 Å². The van der Waals surface area contributed by atoms with E-state index in [1.807, 2.05) is 0 Å². The van der Waals surface area contributed by atoms with Crippen molar-refractivity contribution in [2.24, 2.45) is 0 Å². The van der Waals surface area contributed by atoms with Gasteiger partial charge in [0.05, 0.1) is 30.8 Å². The number of fused-ring (bicyclic) bond motifs is 1. The summed E-state index contributed by atoms with van der Waals surface area (Å²) in [5, 5.41) is 3.44. The van der Waals surface area contributed by atoms with E-state index in [1.54, 1.807) is 43.3 Å². The maximum absolute atomic E-state index is 14.7. The van der Waals surface area contributed by atoms with E-state index in [0.717, 1.165) is 12.1 Å². The number of nitrogens with one attached hydrogen (secondary N) is 1. The molecule has 0 bridgehead atoms. The number of nitrogen functional groups attached to an aromatic ring is 1. The van der Waals surface area contributed by atoms with Crippen molar-refractivity contribution in [2.45, 2.75) is 19.8 Å². The number of amides is 1. The Hall–Kier alpha value is -5.37. The number of nitrogens with zero attached hydrogens (tertiary/aromatic N) is 4. The lowest BCUT2D eigenvalue weighted by atomic mass is 10.0. The molecule has 0 aliphatic rings. The highest BCUT2D eigenvalue weighted by Gasteiger charge is 2.23. The number of benzene rings is 3. The number of hydrogen-bond acceptors (Lipinski definition) is 9. The molecular weight excluding hydrogens is 606 g/mol. The summed E-state index contributed by atoms with van der Waals surface area (Å²) in [7, 11) is -2.16. The molecule has 14 heteroatoms. The molecule has 0 atom stereocenters. The summed E-state index contributed by atoms with van der Waals surface area (Å²) in [5.74, 6) is -1.87. The molecule has 0 unspecified atom stereocenters. The van der Waals surface area contributed by atoms with Crippen molar-refractivity contribution in [3.05, 3.63) is 90.5 Å². The summed E-state index contributed by atoms with van der Waals surface area (Å²) in [4.78, 5) is 25.4. The van der Waals surface area contributed by atoms with Crippen molar-refractivity contribution < 1.29 is 31.5 Å². The topological polar surface area (TPSA) is 150 Å². The number of nitrogens with two attached hydrogens (primary N) is 1. The third-order valence-corrected chi connectivity index (χ3v) is 7.59. The van der Waals surface area contributed by atoms with E-state index in [9.17, 15) is 22.0 Å². The predicted octanol–water partition coefficient (Wildman–Crippen LogP) is 5.33. The molecule has 0 radical (unpaired) electrons. The number of aryl methyl sites for hydroxylation is 1. The van der Waals surface area contributed by atoms with E-state index in [-0.39, 0.29) is 30.5 Å². The zero-order chi connectivity index (χ0) is 32.1. The minimum atomic E-state index is -3.45. The molecule has 0 spiro atoms. The van der Waals surface area contributed by atoms with Gasteiger partial charge in [-0.2, -0.15) is 0 Å². The van der Waals surface area contributed by atoms with Crippen LogP contribution in [0, 0.1) is 18.6 Å². The van der Waals surface area contributed by atoms with Gasteiger partial charge in [-0.25, -0.2) is 36.5 Å². The van der Waals surface area contributed by atoms with Crippen LogP contribution in [0.4, 0.5) is 31.5 Å². The Morgan fingerprint density at radius 2 is 1.80 bits per heavy atom. The number of methoxy groups -OCH3 is 1. The Labute approximate surface area is 258 Å². The Kier molecular flexibility index (Phi) is 9.33. The van der Waals surface area contributed by atoms with Crippen LogP contribution in [0.15, 0.2) is 73.2 Å². The Morgan fingerprint density at radius 1 is 1.00 bits per heavy atom. The number of halogens is 2. The second kappa shape index (κ2) is 13.5. The molecule has 3 N–H and O–H groups in total. The van der Waals surface area contributed by atoms with Crippen LogP contribution in [0.1, 0.15) is 18.5 Å². The molecule has 3 aromatic carbocycles. The van der Waals surface area contributed by atoms with E-state index in [1.165, 1.54) is 25.7 Å². The molecule has 0 saturated carbocycles. The molecule has 45 heavy (non-hydrogen) atoms. The van der Waals surface area contributed by atoms with Crippen LogP contribution in [-0.2, 0) is 15.7 Å². The van der Waals surface area contributed by atoms with Crippen LogP contribution in [0.25, 0.3) is 22.0 Å². The molecule has 0 saturated heterocycles. The fourth-order valence-electron chi connectivity index (χ4n) is 4.64. The van der Waals surface area contributed by atoms with Crippen LogP contribution >= 0.6 is 0 Å². The first-order valence-electron chi connectivity index (χ1n) is 13.6. The second-order valence-electron chi connectivity index (χ2n) is 9.81. The number of carbonyl (C=O) groups is 1. The Morgan fingerprint density at radius 3 is 2.53 bits per heavy atom. The fraction of sp³-hybridized carbons (Fsp3) is 0.161. The average Bonchev–Trinajstić information content (AvgIpc) is 3.01. The van der Waals surface area contributed by atoms with E-state index in [2.05, 4.69) is 20.3 Å². The van der Waals surface area contributed by atoms with Gasteiger partial charge in [-0.05, 0) is 61.4 Å². The van der Waals surface area contributed by atoms with Gasteiger partial charge in [-0.3, -0.25) is 4.79 Å². The normalized spacial score (nSPS) is 11.0. The van der Waals surface area contributed by atoms with Crippen LogP contribution in [0.5, 0.6) is 11.6 Å². The predicted molar refractivity (Wildman–Crippen MR) is 167 cm³/mol. The van der Waals surface area contributed by atoms with E-state index in [4.69, 9.17) is 15.2 Å². The molecule has 232 valence electrons. The lowest BCUT2D eigenvalue weighted by Gasteiger charge is -2.21. The van der Waals surface area contributed by atoms with E-state index in [0.29, 0.717) is 61.6 Å². The average molecular weight is 635 g/mol. The van der Waals surface area contributed by atoms with Crippen molar-refractivity contribution in [1.29, 1.82) is 0 Å². The van der Waals surface area contributed by atoms with Crippen molar-refractivity contribution >= 4 is 50.4 Å². The molecule has 2 heterocycles. The van der Waals surface area contributed by atoms with Gasteiger partial charge in [0.2, 0.25) is 22.7 Å².